The van der Waals surface area contributed by atoms with Gasteiger partial charge in [-0.2, -0.15) is 4.39 Å². The number of aryl methyl sites for hydroxylation is 1. The molecule has 8 heteroatoms. The number of nitrogens with zero attached hydrogens (tertiary/aromatic N) is 3. The molecule has 0 radical (unpaired) electrons. The number of aromatic nitrogens is 2. The topological polar surface area (TPSA) is 82.6 Å². The molecule has 3 aromatic rings. The van der Waals surface area contributed by atoms with Crippen LogP contribution >= 0.6 is 11.6 Å². The Balaban J connectivity index is 1.80. The highest BCUT2D eigenvalue weighted by Gasteiger charge is 2.45. The third-order valence-corrected chi connectivity index (χ3v) is 5.47. The minimum Gasteiger partial charge on any atom is -0.465 e. The summed E-state index contributed by atoms with van der Waals surface area (Å²) in [4.78, 5) is 12.7. The molecule has 146 valence electrons. The number of ether oxygens (including phenoxy) is 2. The van der Waals surface area contributed by atoms with Crippen molar-refractivity contribution in [3.8, 4) is 22.6 Å². The zero-order chi connectivity index (χ0) is 20.2. The van der Waals surface area contributed by atoms with E-state index in [-0.39, 0.29) is 6.02 Å². The van der Waals surface area contributed by atoms with Crippen LogP contribution in [-0.4, -0.2) is 22.6 Å². The third kappa shape index (κ3) is 2.73. The number of fused-ring (bicyclic) bond motifs is 4. The minimum atomic E-state index is -0.864. The number of nitrogens with two attached hydrogens (primary N) is 1. The van der Waals surface area contributed by atoms with Crippen molar-refractivity contribution in [3.05, 3.63) is 70.5 Å². The minimum absolute atomic E-state index is 0.0820. The predicted molar refractivity (Wildman–Crippen MR) is 107 cm³/mol. The first-order valence-corrected chi connectivity index (χ1v) is 9.45. The lowest BCUT2D eigenvalue weighted by molar-refractivity contribution is 0.219. The Morgan fingerprint density at radius 2 is 2.07 bits per heavy atom. The van der Waals surface area contributed by atoms with Crippen molar-refractivity contribution in [2.24, 2.45) is 10.7 Å². The van der Waals surface area contributed by atoms with Gasteiger partial charge in [-0.15, -0.1) is 0 Å². The highest BCUT2D eigenvalue weighted by atomic mass is 35.5. The fraction of sp³-hybridized carbons (Fsp3) is 0.190. The average molecular weight is 411 g/mol. The number of pyridine rings is 2. The van der Waals surface area contributed by atoms with Crippen molar-refractivity contribution in [3.63, 3.8) is 0 Å². The highest BCUT2D eigenvalue weighted by molar-refractivity contribution is 6.29. The summed E-state index contributed by atoms with van der Waals surface area (Å²) in [6.45, 7) is 2.20. The molecule has 0 fully saturated rings. The van der Waals surface area contributed by atoms with E-state index in [0.29, 0.717) is 46.5 Å². The summed E-state index contributed by atoms with van der Waals surface area (Å²) in [5.74, 6) is 0.661. The van der Waals surface area contributed by atoms with Gasteiger partial charge >= 0.3 is 0 Å². The Bertz CT molecular complexity index is 1180. The van der Waals surface area contributed by atoms with E-state index in [4.69, 9.17) is 31.8 Å². The summed E-state index contributed by atoms with van der Waals surface area (Å²) in [6, 6.07) is 10.7. The van der Waals surface area contributed by atoms with Gasteiger partial charge in [0.25, 0.3) is 6.02 Å². The first kappa shape index (κ1) is 17.9. The normalized spacial score (nSPS) is 19.6. The van der Waals surface area contributed by atoms with Crippen molar-refractivity contribution in [2.75, 3.05) is 6.61 Å². The number of hydrogen-bond donors (Lipinski definition) is 1. The molecule has 0 amide bonds. The van der Waals surface area contributed by atoms with Crippen molar-refractivity contribution in [2.45, 2.75) is 18.9 Å². The van der Waals surface area contributed by atoms with Crippen molar-refractivity contribution < 1.29 is 13.9 Å². The fourth-order valence-corrected chi connectivity index (χ4v) is 4.23. The highest BCUT2D eigenvalue weighted by Crippen LogP contribution is 2.53. The number of rotatable bonds is 1. The van der Waals surface area contributed by atoms with Gasteiger partial charge in [-0.1, -0.05) is 17.7 Å². The quantitative estimate of drug-likeness (QED) is 0.604. The fourth-order valence-electron chi connectivity index (χ4n) is 3.99. The zero-order valence-corrected chi connectivity index (χ0v) is 16.2. The van der Waals surface area contributed by atoms with Crippen LogP contribution in [0.3, 0.4) is 0 Å². The van der Waals surface area contributed by atoms with E-state index in [1.165, 1.54) is 6.20 Å². The van der Waals surface area contributed by atoms with Crippen LogP contribution in [0.5, 0.6) is 11.5 Å². The molecule has 0 unspecified atom stereocenters. The Hall–Kier alpha value is -3.19. The number of halogens is 2. The molecule has 29 heavy (non-hydrogen) atoms. The molecular weight excluding hydrogens is 395 g/mol. The van der Waals surface area contributed by atoms with Gasteiger partial charge in [0.2, 0.25) is 5.95 Å². The van der Waals surface area contributed by atoms with E-state index < -0.39 is 11.5 Å². The molecule has 1 spiro atoms. The summed E-state index contributed by atoms with van der Waals surface area (Å²) < 4.78 is 25.9. The van der Waals surface area contributed by atoms with Gasteiger partial charge in [-0.25, -0.2) is 15.0 Å². The zero-order valence-electron chi connectivity index (χ0n) is 15.4. The second kappa shape index (κ2) is 6.42. The van der Waals surface area contributed by atoms with E-state index in [0.717, 1.165) is 11.1 Å². The van der Waals surface area contributed by atoms with E-state index in [1.54, 1.807) is 30.3 Å². The molecule has 6 nitrogen and oxygen atoms in total. The largest absolute Gasteiger partial charge is 0.465 e. The molecule has 5 rings (SSSR count). The van der Waals surface area contributed by atoms with Crippen molar-refractivity contribution in [1.29, 1.82) is 0 Å². The molecule has 1 atom stereocenters. The number of benzene rings is 1. The van der Waals surface area contributed by atoms with Crippen LogP contribution in [0.2, 0.25) is 5.15 Å². The lowest BCUT2D eigenvalue weighted by Crippen LogP contribution is -2.38. The third-order valence-electron chi connectivity index (χ3n) is 5.28. The van der Waals surface area contributed by atoms with Gasteiger partial charge in [0.05, 0.1) is 12.3 Å². The monoisotopic (exact) mass is 410 g/mol. The Kier molecular flexibility index (Phi) is 3.96. The molecule has 4 heterocycles. The van der Waals surface area contributed by atoms with Gasteiger partial charge in [0.15, 0.2) is 5.75 Å². The molecule has 2 aliphatic rings. The van der Waals surface area contributed by atoms with Gasteiger partial charge in [0, 0.05) is 29.3 Å². The molecule has 0 saturated carbocycles. The van der Waals surface area contributed by atoms with E-state index in [1.807, 2.05) is 13.0 Å². The maximum absolute atomic E-state index is 14.3. The Morgan fingerprint density at radius 1 is 1.21 bits per heavy atom. The molecule has 2 aromatic heterocycles. The molecule has 2 aliphatic heterocycles. The SMILES string of the molecule is Cc1nc(Cl)cc2c1Oc1ccc(-c3cccnc3F)cc1[C@@]21CCOC(N)=N1. The first-order chi connectivity index (χ1) is 14.0. The predicted octanol–water partition coefficient (Wildman–Crippen LogP) is 4.33. The van der Waals surface area contributed by atoms with Gasteiger partial charge < -0.3 is 15.2 Å². The second-order valence-electron chi connectivity index (χ2n) is 6.97. The van der Waals surface area contributed by atoms with E-state index in [9.17, 15) is 4.39 Å². The van der Waals surface area contributed by atoms with Gasteiger partial charge in [-0.05, 0) is 42.8 Å². The number of aliphatic imine (C=N–C) groups is 1. The lowest BCUT2D eigenvalue weighted by Gasteiger charge is -2.39. The molecular formula is C21H16ClFN4O2. The van der Waals surface area contributed by atoms with Crippen LogP contribution in [0.15, 0.2) is 47.6 Å². The maximum Gasteiger partial charge on any atom is 0.283 e. The van der Waals surface area contributed by atoms with E-state index in [2.05, 4.69) is 9.97 Å². The summed E-state index contributed by atoms with van der Waals surface area (Å²) in [6.07, 6.45) is 1.94. The lowest BCUT2D eigenvalue weighted by atomic mass is 9.77. The summed E-state index contributed by atoms with van der Waals surface area (Å²) in [5, 5.41) is 0.336. The van der Waals surface area contributed by atoms with Crippen molar-refractivity contribution in [1.82, 2.24) is 9.97 Å². The Morgan fingerprint density at radius 3 is 2.86 bits per heavy atom. The maximum atomic E-state index is 14.3. The molecule has 0 bridgehead atoms. The van der Waals surface area contributed by atoms with Gasteiger partial charge in [-0.3, -0.25) is 0 Å². The summed E-state index contributed by atoms with van der Waals surface area (Å²) in [7, 11) is 0. The molecule has 2 N–H and O–H groups in total. The van der Waals surface area contributed by atoms with Crippen LogP contribution in [0, 0.1) is 12.9 Å². The Labute approximate surface area is 171 Å². The smallest absolute Gasteiger partial charge is 0.283 e. The number of amidine groups is 1. The first-order valence-electron chi connectivity index (χ1n) is 9.07. The van der Waals surface area contributed by atoms with Crippen LogP contribution in [0.25, 0.3) is 11.1 Å². The summed E-state index contributed by atoms with van der Waals surface area (Å²) in [5.41, 5.74) is 8.34. The van der Waals surface area contributed by atoms with Crippen LogP contribution in [0.1, 0.15) is 23.2 Å². The summed E-state index contributed by atoms with van der Waals surface area (Å²) >= 11 is 6.26. The average Bonchev–Trinajstić information content (AvgIpc) is 2.70. The molecule has 0 saturated heterocycles. The molecule has 0 aliphatic carbocycles. The molecule has 1 aromatic carbocycles. The van der Waals surface area contributed by atoms with Crippen molar-refractivity contribution >= 4 is 17.6 Å². The van der Waals surface area contributed by atoms with Crippen LogP contribution in [0.4, 0.5) is 4.39 Å². The van der Waals surface area contributed by atoms with E-state index >= 15 is 0 Å². The van der Waals surface area contributed by atoms with Crippen LogP contribution < -0.4 is 10.5 Å². The van der Waals surface area contributed by atoms with Crippen LogP contribution in [-0.2, 0) is 10.3 Å². The van der Waals surface area contributed by atoms with Gasteiger partial charge in [0.1, 0.15) is 16.4 Å². The number of hydrogen-bond acceptors (Lipinski definition) is 6. The standard InChI is InChI=1S/C21H16ClFN4O2/c1-11-18-15(10-17(22)26-11)21(6-8-28-20(24)27-21)14-9-12(4-5-16(14)29-18)13-3-2-7-25-19(13)23/h2-5,7,9-10H,6,8H2,1H3,(H2,24,27)/t21-/m0/s1. The second-order valence-corrected chi connectivity index (χ2v) is 7.36.